The maximum Gasteiger partial charge on any atom is 0.251 e. The van der Waals surface area contributed by atoms with Gasteiger partial charge in [-0.1, -0.05) is 24.6 Å². The third-order valence-electron chi connectivity index (χ3n) is 5.51. The Labute approximate surface area is 143 Å². The monoisotopic (exact) mass is 330 g/mol. The van der Waals surface area contributed by atoms with Gasteiger partial charge in [-0.15, -0.1) is 0 Å². The van der Waals surface area contributed by atoms with Crippen LogP contribution in [0.5, 0.6) is 0 Å². The Morgan fingerprint density at radius 1 is 1.25 bits per heavy atom. The molecule has 1 aromatic rings. The Kier molecular flexibility index (Phi) is 5.19. The zero-order valence-corrected chi connectivity index (χ0v) is 14.3. The number of rotatable bonds is 4. The van der Waals surface area contributed by atoms with Gasteiger partial charge in [0.15, 0.2) is 0 Å². The molecule has 1 aliphatic carbocycles. The van der Waals surface area contributed by atoms with Crippen LogP contribution in [0.4, 0.5) is 0 Å². The van der Waals surface area contributed by atoms with Crippen molar-refractivity contribution in [3.05, 3.63) is 35.9 Å². The van der Waals surface area contributed by atoms with Gasteiger partial charge < -0.3 is 15.0 Å². The van der Waals surface area contributed by atoms with E-state index in [1.165, 1.54) is 6.42 Å². The van der Waals surface area contributed by atoms with Gasteiger partial charge in [-0.3, -0.25) is 9.59 Å². The summed E-state index contributed by atoms with van der Waals surface area (Å²) in [5.74, 6) is -0.202. The first-order valence-corrected chi connectivity index (χ1v) is 8.78. The van der Waals surface area contributed by atoms with Gasteiger partial charge in [0, 0.05) is 31.2 Å². The fraction of sp³-hybridized carbons (Fsp3) is 0.579. The van der Waals surface area contributed by atoms with Crippen molar-refractivity contribution in [1.82, 2.24) is 10.2 Å². The highest BCUT2D eigenvalue weighted by Gasteiger charge is 2.46. The Balaban J connectivity index is 1.56. The summed E-state index contributed by atoms with van der Waals surface area (Å²) in [6, 6.07) is 8.99. The average molecular weight is 330 g/mol. The molecule has 0 radical (unpaired) electrons. The van der Waals surface area contributed by atoms with Crippen LogP contribution in [0.25, 0.3) is 0 Å². The lowest BCUT2D eigenvalue weighted by Crippen LogP contribution is -2.52. The number of ether oxygens (including phenoxy) is 1. The van der Waals surface area contributed by atoms with E-state index >= 15 is 0 Å². The molecule has 0 unspecified atom stereocenters. The standard InChI is InChI=1S/C19H26N2O3/c1-24-16-9-5-10-19(16)11-6-12-21(14-19)17(22)13-20-18(23)15-7-3-2-4-8-15/h2-4,7-8,16H,5-6,9-14H2,1H3,(H,20,23)/t16-,19+/m1/s1. The number of carbonyl (C=O) groups excluding carboxylic acids is 2. The molecule has 24 heavy (non-hydrogen) atoms. The molecule has 1 heterocycles. The number of nitrogens with zero attached hydrogens (tertiary/aromatic N) is 1. The smallest absolute Gasteiger partial charge is 0.251 e. The quantitative estimate of drug-likeness (QED) is 0.921. The molecule has 1 aliphatic heterocycles. The second kappa shape index (κ2) is 7.34. The lowest BCUT2D eigenvalue weighted by atomic mass is 9.76. The van der Waals surface area contributed by atoms with E-state index in [9.17, 15) is 9.59 Å². The Morgan fingerprint density at radius 3 is 2.75 bits per heavy atom. The Morgan fingerprint density at radius 2 is 2.00 bits per heavy atom. The van der Waals surface area contributed by atoms with Crippen LogP contribution in [0.3, 0.4) is 0 Å². The Hall–Kier alpha value is -1.88. The minimum absolute atomic E-state index is 0.000101. The van der Waals surface area contributed by atoms with Gasteiger partial charge in [0.1, 0.15) is 0 Å². The molecule has 3 rings (SSSR count). The third-order valence-corrected chi connectivity index (χ3v) is 5.51. The summed E-state index contributed by atoms with van der Waals surface area (Å²) in [7, 11) is 1.78. The van der Waals surface area contributed by atoms with Crippen molar-refractivity contribution in [2.24, 2.45) is 5.41 Å². The summed E-state index contributed by atoms with van der Waals surface area (Å²) in [6.45, 7) is 1.59. The molecule has 1 saturated carbocycles. The minimum atomic E-state index is -0.202. The van der Waals surface area contributed by atoms with Gasteiger partial charge in [-0.05, 0) is 37.8 Å². The average Bonchev–Trinajstić information content (AvgIpc) is 3.01. The molecule has 1 N–H and O–H groups in total. The summed E-state index contributed by atoms with van der Waals surface area (Å²) in [5, 5.41) is 2.74. The van der Waals surface area contributed by atoms with E-state index in [0.29, 0.717) is 5.56 Å². The van der Waals surface area contributed by atoms with Crippen LogP contribution in [-0.4, -0.2) is 49.6 Å². The molecule has 2 amide bonds. The van der Waals surface area contributed by atoms with E-state index in [-0.39, 0.29) is 29.9 Å². The predicted molar refractivity (Wildman–Crippen MR) is 91.7 cm³/mol. The number of nitrogens with one attached hydrogen (secondary N) is 1. The third kappa shape index (κ3) is 3.46. The van der Waals surface area contributed by atoms with E-state index in [1.54, 1.807) is 19.2 Å². The van der Waals surface area contributed by atoms with Gasteiger partial charge in [0.2, 0.25) is 5.91 Å². The topological polar surface area (TPSA) is 58.6 Å². The summed E-state index contributed by atoms with van der Waals surface area (Å²) in [4.78, 5) is 26.5. The molecule has 5 nitrogen and oxygen atoms in total. The van der Waals surface area contributed by atoms with Crippen molar-refractivity contribution in [2.45, 2.75) is 38.2 Å². The van der Waals surface area contributed by atoms with Gasteiger partial charge in [-0.2, -0.15) is 0 Å². The van der Waals surface area contributed by atoms with Crippen LogP contribution < -0.4 is 5.32 Å². The second-order valence-corrected chi connectivity index (χ2v) is 6.95. The Bertz CT molecular complexity index is 590. The van der Waals surface area contributed by atoms with Crippen LogP contribution in [0, 0.1) is 5.41 Å². The van der Waals surface area contributed by atoms with E-state index in [0.717, 1.165) is 38.8 Å². The molecule has 2 atom stereocenters. The fourth-order valence-electron chi connectivity index (χ4n) is 4.27. The molecule has 2 fully saturated rings. The number of hydrogen-bond donors (Lipinski definition) is 1. The van der Waals surface area contributed by atoms with Crippen molar-refractivity contribution < 1.29 is 14.3 Å². The van der Waals surface area contributed by atoms with Gasteiger partial charge in [-0.25, -0.2) is 0 Å². The lowest BCUT2D eigenvalue weighted by molar-refractivity contribution is -0.136. The van der Waals surface area contributed by atoms with E-state index in [4.69, 9.17) is 4.74 Å². The van der Waals surface area contributed by atoms with Crippen molar-refractivity contribution in [3.63, 3.8) is 0 Å². The minimum Gasteiger partial charge on any atom is -0.381 e. The first-order valence-electron chi connectivity index (χ1n) is 8.78. The molecule has 1 saturated heterocycles. The SMILES string of the molecule is CO[C@@H]1CCC[C@@]12CCCN(C(=O)CNC(=O)c1ccccc1)C2. The van der Waals surface area contributed by atoms with E-state index < -0.39 is 0 Å². The van der Waals surface area contributed by atoms with E-state index in [2.05, 4.69) is 5.32 Å². The fourth-order valence-corrected chi connectivity index (χ4v) is 4.27. The second-order valence-electron chi connectivity index (χ2n) is 6.95. The van der Waals surface area contributed by atoms with Crippen LogP contribution in [-0.2, 0) is 9.53 Å². The zero-order valence-electron chi connectivity index (χ0n) is 14.3. The van der Waals surface area contributed by atoms with Gasteiger partial charge >= 0.3 is 0 Å². The van der Waals surface area contributed by atoms with Crippen LogP contribution in [0.2, 0.25) is 0 Å². The van der Waals surface area contributed by atoms with Crippen LogP contribution >= 0.6 is 0 Å². The molecule has 1 spiro atoms. The first kappa shape index (κ1) is 17.0. The molecule has 2 aliphatic rings. The summed E-state index contributed by atoms with van der Waals surface area (Å²) < 4.78 is 5.68. The highest BCUT2D eigenvalue weighted by atomic mass is 16.5. The highest BCUT2D eigenvalue weighted by molar-refractivity contribution is 5.96. The normalized spacial score (nSPS) is 26.5. The summed E-state index contributed by atoms with van der Waals surface area (Å²) >= 11 is 0. The number of piperidine rings is 1. The van der Waals surface area contributed by atoms with Crippen molar-refractivity contribution in [3.8, 4) is 0 Å². The van der Waals surface area contributed by atoms with Gasteiger partial charge in [0.05, 0.1) is 12.6 Å². The highest BCUT2D eigenvalue weighted by Crippen LogP contribution is 2.46. The molecule has 0 bridgehead atoms. The number of likely N-dealkylation sites (tertiary alicyclic amines) is 1. The molecule has 130 valence electrons. The molecule has 5 heteroatoms. The maximum atomic E-state index is 12.5. The van der Waals surface area contributed by atoms with Crippen molar-refractivity contribution in [2.75, 3.05) is 26.7 Å². The number of benzene rings is 1. The predicted octanol–water partition coefficient (Wildman–Crippen LogP) is 2.22. The van der Waals surface area contributed by atoms with Crippen molar-refractivity contribution >= 4 is 11.8 Å². The number of hydrogen-bond acceptors (Lipinski definition) is 3. The number of carbonyl (C=O) groups is 2. The summed E-state index contributed by atoms with van der Waals surface area (Å²) in [6.07, 6.45) is 5.79. The summed E-state index contributed by atoms with van der Waals surface area (Å²) in [5.41, 5.74) is 0.696. The van der Waals surface area contributed by atoms with E-state index in [1.807, 2.05) is 23.1 Å². The number of methoxy groups -OCH3 is 1. The maximum absolute atomic E-state index is 12.5. The van der Waals surface area contributed by atoms with Crippen LogP contribution in [0.1, 0.15) is 42.5 Å². The molecular weight excluding hydrogens is 304 g/mol. The first-order chi connectivity index (χ1) is 11.6. The lowest BCUT2D eigenvalue weighted by Gasteiger charge is -2.43. The van der Waals surface area contributed by atoms with Crippen LogP contribution in [0.15, 0.2) is 30.3 Å². The van der Waals surface area contributed by atoms with Crippen molar-refractivity contribution in [1.29, 1.82) is 0 Å². The molecular formula is C19H26N2O3. The number of amides is 2. The zero-order chi connectivity index (χ0) is 17.0. The van der Waals surface area contributed by atoms with Gasteiger partial charge in [0.25, 0.3) is 5.91 Å². The molecule has 0 aromatic heterocycles. The molecule has 1 aromatic carbocycles. The largest absolute Gasteiger partial charge is 0.381 e.